The first-order valence-corrected chi connectivity index (χ1v) is 11.5. The lowest BCUT2D eigenvalue weighted by Gasteiger charge is -2.24. The van der Waals surface area contributed by atoms with Crippen LogP contribution in [-0.4, -0.2) is 54.0 Å². The number of likely N-dealkylation sites (N-methyl/N-ethyl adjacent to an activating group) is 1. The Kier molecular flexibility index (Phi) is 9.85. The van der Waals surface area contributed by atoms with Crippen LogP contribution in [0.25, 0.3) is 10.2 Å². The van der Waals surface area contributed by atoms with E-state index in [9.17, 15) is 14.9 Å². The second kappa shape index (κ2) is 12.1. The van der Waals surface area contributed by atoms with Crippen molar-refractivity contribution in [2.75, 3.05) is 38.2 Å². The number of methoxy groups -OCH3 is 1. The molecule has 0 fully saturated rings. The van der Waals surface area contributed by atoms with Crippen molar-refractivity contribution in [1.82, 2.24) is 9.88 Å². The van der Waals surface area contributed by atoms with E-state index in [1.165, 1.54) is 23.5 Å². The minimum absolute atomic E-state index is 0. The van der Waals surface area contributed by atoms with Gasteiger partial charge in [0.15, 0.2) is 5.13 Å². The maximum atomic E-state index is 13.3. The van der Waals surface area contributed by atoms with E-state index in [1.54, 1.807) is 36.3 Å². The number of ether oxygens (including phenoxy) is 1. The Labute approximate surface area is 207 Å². The van der Waals surface area contributed by atoms with Crippen molar-refractivity contribution in [3.05, 3.63) is 57.1 Å². The zero-order valence-electron chi connectivity index (χ0n) is 18.6. The summed E-state index contributed by atoms with van der Waals surface area (Å²) in [5.41, 5.74) is 1.31. The Hall–Kier alpha value is -2.46. The minimum Gasteiger partial charge on any atom is -0.494 e. The van der Waals surface area contributed by atoms with E-state index in [1.807, 2.05) is 0 Å². The lowest BCUT2D eigenvalue weighted by Crippen LogP contribution is -2.39. The molecular weight excluding hydrogens is 487 g/mol. The molecule has 0 aliphatic heterocycles. The number of benzene rings is 2. The standard InChI is InChI=1S/C22H25ClN4O4S.ClH/c1-4-25(5-2)12-13-26(19(28)14-15-6-8-16(9-7-15)27(29)30)22-24-20-18(31-3)11-10-17(23)21(20)32-22;/h6-11H,4-5,12-14H2,1-3H3;1H. The number of carbonyl (C=O) groups excluding carboxylic acids is 1. The molecule has 0 unspecified atom stereocenters. The van der Waals surface area contributed by atoms with Gasteiger partial charge >= 0.3 is 0 Å². The van der Waals surface area contributed by atoms with Gasteiger partial charge in [0.2, 0.25) is 5.91 Å². The second-order valence-electron chi connectivity index (χ2n) is 7.10. The van der Waals surface area contributed by atoms with E-state index >= 15 is 0 Å². The van der Waals surface area contributed by atoms with Crippen molar-refractivity contribution < 1.29 is 14.5 Å². The average molecular weight is 513 g/mol. The van der Waals surface area contributed by atoms with Gasteiger partial charge in [-0.3, -0.25) is 19.8 Å². The van der Waals surface area contributed by atoms with E-state index in [2.05, 4.69) is 23.7 Å². The number of nitro benzene ring substituents is 1. The van der Waals surface area contributed by atoms with Crippen LogP contribution in [0.1, 0.15) is 19.4 Å². The minimum atomic E-state index is -0.458. The monoisotopic (exact) mass is 512 g/mol. The molecule has 2 aromatic carbocycles. The van der Waals surface area contributed by atoms with Gasteiger partial charge in [-0.25, -0.2) is 4.98 Å². The lowest BCUT2D eigenvalue weighted by molar-refractivity contribution is -0.384. The summed E-state index contributed by atoms with van der Waals surface area (Å²) in [7, 11) is 1.57. The number of thiazole rings is 1. The van der Waals surface area contributed by atoms with Crippen molar-refractivity contribution >= 4 is 62.3 Å². The molecule has 0 saturated carbocycles. The summed E-state index contributed by atoms with van der Waals surface area (Å²) in [4.78, 5) is 32.3. The highest BCUT2D eigenvalue weighted by Gasteiger charge is 2.23. The van der Waals surface area contributed by atoms with Gasteiger partial charge < -0.3 is 9.64 Å². The van der Waals surface area contributed by atoms with Crippen molar-refractivity contribution in [3.8, 4) is 5.75 Å². The first-order chi connectivity index (χ1) is 15.4. The van der Waals surface area contributed by atoms with Gasteiger partial charge in [-0.15, -0.1) is 12.4 Å². The molecule has 178 valence electrons. The van der Waals surface area contributed by atoms with Gasteiger partial charge in [-0.05, 0) is 30.8 Å². The molecule has 8 nitrogen and oxygen atoms in total. The van der Waals surface area contributed by atoms with E-state index < -0.39 is 4.92 Å². The number of non-ortho nitro benzene ring substituents is 1. The molecule has 33 heavy (non-hydrogen) atoms. The van der Waals surface area contributed by atoms with Crippen molar-refractivity contribution in [1.29, 1.82) is 0 Å². The summed E-state index contributed by atoms with van der Waals surface area (Å²) in [6.07, 6.45) is 0.108. The van der Waals surface area contributed by atoms with Crippen LogP contribution in [0.5, 0.6) is 5.75 Å². The third kappa shape index (κ3) is 6.32. The van der Waals surface area contributed by atoms with Gasteiger partial charge in [-0.2, -0.15) is 0 Å². The highest BCUT2D eigenvalue weighted by atomic mass is 35.5. The number of anilines is 1. The average Bonchev–Trinajstić information content (AvgIpc) is 3.23. The topological polar surface area (TPSA) is 88.8 Å². The van der Waals surface area contributed by atoms with Gasteiger partial charge in [-0.1, -0.05) is 48.9 Å². The molecule has 1 heterocycles. The predicted molar refractivity (Wildman–Crippen MR) is 135 cm³/mol. The van der Waals surface area contributed by atoms with E-state index in [-0.39, 0.29) is 30.4 Å². The van der Waals surface area contributed by atoms with Gasteiger partial charge in [0.05, 0.1) is 28.2 Å². The molecule has 0 N–H and O–H groups in total. The number of halogens is 2. The maximum Gasteiger partial charge on any atom is 0.269 e. The zero-order valence-corrected chi connectivity index (χ0v) is 21.0. The Bertz CT molecular complexity index is 1100. The SMILES string of the molecule is CCN(CC)CCN(C(=O)Cc1ccc([N+](=O)[O-])cc1)c1nc2c(OC)ccc(Cl)c2s1.Cl. The Morgan fingerprint density at radius 3 is 2.39 bits per heavy atom. The van der Waals surface area contributed by atoms with Crippen molar-refractivity contribution in [3.63, 3.8) is 0 Å². The molecule has 0 spiro atoms. The first kappa shape index (κ1) is 26.8. The zero-order chi connectivity index (χ0) is 23.3. The Morgan fingerprint density at radius 1 is 1.15 bits per heavy atom. The summed E-state index contributed by atoms with van der Waals surface area (Å²) in [6.45, 7) is 7.07. The molecule has 0 atom stereocenters. The molecule has 1 aromatic heterocycles. The normalized spacial score (nSPS) is 10.8. The van der Waals surface area contributed by atoms with E-state index in [0.717, 1.165) is 17.8 Å². The van der Waals surface area contributed by atoms with Crippen LogP contribution in [-0.2, 0) is 11.2 Å². The molecule has 0 radical (unpaired) electrons. The summed E-state index contributed by atoms with van der Waals surface area (Å²) < 4.78 is 6.18. The van der Waals surface area contributed by atoms with Crippen LogP contribution in [0.4, 0.5) is 10.8 Å². The van der Waals surface area contributed by atoms with Gasteiger partial charge in [0.1, 0.15) is 11.3 Å². The number of aromatic nitrogens is 1. The first-order valence-electron chi connectivity index (χ1n) is 10.3. The molecule has 0 aliphatic carbocycles. The highest BCUT2D eigenvalue weighted by molar-refractivity contribution is 7.23. The fraction of sp³-hybridized carbons (Fsp3) is 0.364. The molecule has 3 rings (SSSR count). The number of fused-ring (bicyclic) bond motifs is 1. The molecule has 3 aromatic rings. The van der Waals surface area contributed by atoms with Crippen LogP contribution >= 0.6 is 35.3 Å². The number of hydrogen-bond acceptors (Lipinski definition) is 7. The summed E-state index contributed by atoms with van der Waals surface area (Å²) in [5, 5.41) is 12.0. The molecule has 1 amide bonds. The number of rotatable bonds is 10. The molecular formula is C22H26Cl2N4O4S. The fourth-order valence-corrected chi connectivity index (χ4v) is 4.63. The van der Waals surface area contributed by atoms with Crippen LogP contribution in [0, 0.1) is 10.1 Å². The highest BCUT2D eigenvalue weighted by Crippen LogP contribution is 2.38. The molecule has 0 aliphatic rings. The van der Waals surface area contributed by atoms with Crippen LogP contribution in [0.3, 0.4) is 0 Å². The number of nitro groups is 1. The molecule has 0 bridgehead atoms. The van der Waals surface area contributed by atoms with Crippen molar-refractivity contribution in [2.45, 2.75) is 20.3 Å². The van der Waals surface area contributed by atoms with Crippen LogP contribution in [0.2, 0.25) is 5.02 Å². The van der Waals surface area contributed by atoms with Gasteiger partial charge in [0.25, 0.3) is 5.69 Å². The van der Waals surface area contributed by atoms with Crippen LogP contribution in [0.15, 0.2) is 36.4 Å². The lowest BCUT2D eigenvalue weighted by atomic mass is 10.1. The summed E-state index contributed by atoms with van der Waals surface area (Å²) in [5.74, 6) is 0.457. The smallest absolute Gasteiger partial charge is 0.269 e. The summed E-state index contributed by atoms with van der Waals surface area (Å²) in [6, 6.07) is 9.54. The fourth-order valence-electron chi connectivity index (χ4n) is 3.34. The van der Waals surface area contributed by atoms with Crippen LogP contribution < -0.4 is 9.64 Å². The molecule has 11 heteroatoms. The third-order valence-electron chi connectivity index (χ3n) is 5.24. The third-order valence-corrected chi connectivity index (χ3v) is 6.77. The second-order valence-corrected chi connectivity index (χ2v) is 8.48. The number of amides is 1. The number of nitrogens with zero attached hydrogens (tertiary/aromatic N) is 4. The summed E-state index contributed by atoms with van der Waals surface area (Å²) >= 11 is 7.72. The predicted octanol–water partition coefficient (Wildman–Crippen LogP) is 5.21. The van der Waals surface area contributed by atoms with E-state index in [0.29, 0.717) is 40.1 Å². The number of carbonyl (C=O) groups is 1. The Morgan fingerprint density at radius 2 is 1.82 bits per heavy atom. The van der Waals surface area contributed by atoms with E-state index in [4.69, 9.17) is 16.3 Å². The maximum absolute atomic E-state index is 13.3. The molecule has 0 saturated heterocycles. The Balaban J connectivity index is 0.00000385. The van der Waals surface area contributed by atoms with Gasteiger partial charge in [0, 0.05) is 25.2 Å². The quantitative estimate of drug-likeness (QED) is 0.273. The van der Waals surface area contributed by atoms with Crippen molar-refractivity contribution in [2.24, 2.45) is 0 Å². The number of hydrogen-bond donors (Lipinski definition) is 0. The largest absolute Gasteiger partial charge is 0.494 e.